The van der Waals surface area contributed by atoms with Crippen molar-refractivity contribution in [3.63, 3.8) is 0 Å². The number of hydrogen-bond acceptors (Lipinski definition) is 16. The summed E-state index contributed by atoms with van der Waals surface area (Å²) in [5, 5.41) is 40.2. The number of carboxylic acids is 3. The fourth-order valence-corrected chi connectivity index (χ4v) is 10.2. The summed E-state index contributed by atoms with van der Waals surface area (Å²) in [4.78, 5) is 117. The molecule has 4 N–H and O–H groups in total. The van der Waals surface area contributed by atoms with Crippen LogP contribution in [0.4, 0.5) is 0 Å². The smallest absolute Gasteiger partial charge is 0.309 e. The van der Waals surface area contributed by atoms with Crippen molar-refractivity contribution in [3.05, 3.63) is 0 Å². The summed E-state index contributed by atoms with van der Waals surface area (Å²) >= 11 is 0. The lowest BCUT2D eigenvalue weighted by atomic mass is 9.79. The van der Waals surface area contributed by atoms with Crippen LogP contribution in [0.1, 0.15) is 161 Å². The third-order valence-electron chi connectivity index (χ3n) is 14.5. The normalized spacial score (nSPS) is 26.2. The van der Waals surface area contributed by atoms with Crippen molar-refractivity contribution in [1.82, 2.24) is 0 Å². The Morgan fingerprint density at radius 3 is 1.01 bits per heavy atom. The molecule has 4 saturated carbocycles. The van der Waals surface area contributed by atoms with Gasteiger partial charge in [0.1, 0.15) is 51.2 Å². The number of carbonyl (C=O) groups excluding carboxylic acids is 6. The molecular weight excluding hydrogens is 905 g/mol. The number of ether oxygens (including phenoxy) is 6. The van der Waals surface area contributed by atoms with Gasteiger partial charge in [-0.2, -0.15) is 0 Å². The van der Waals surface area contributed by atoms with Gasteiger partial charge in [0.25, 0.3) is 0 Å². The summed E-state index contributed by atoms with van der Waals surface area (Å²) in [5.41, 5.74) is -1.88. The van der Waals surface area contributed by atoms with Gasteiger partial charge in [0.2, 0.25) is 0 Å². The average Bonchev–Trinajstić information content (AvgIpc) is 3.36. The number of carbonyl (C=O) groups is 9. The van der Waals surface area contributed by atoms with Gasteiger partial charge in [-0.3, -0.25) is 43.2 Å². The van der Waals surface area contributed by atoms with Gasteiger partial charge in [0.05, 0.1) is 47.3 Å². The van der Waals surface area contributed by atoms with Gasteiger partial charge in [-0.15, -0.1) is 0 Å². The monoisotopic (exact) mass is 980 g/mol. The summed E-state index contributed by atoms with van der Waals surface area (Å²) in [6, 6.07) is 0. The molecule has 0 bridgehead atoms. The zero-order valence-corrected chi connectivity index (χ0v) is 40.3. The van der Waals surface area contributed by atoms with Gasteiger partial charge in [-0.1, -0.05) is 96.8 Å². The van der Waals surface area contributed by atoms with E-state index in [4.69, 9.17) is 28.4 Å². The molecule has 69 heavy (non-hydrogen) atoms. The van der Waals surface area contributed by atoms with Crippen molar-refractivity contribution in [1.29, 1.82) is 0 Å². The summed E-state index contributed by atoms with van der Waals surface area (Å²) in [5.74, 6) is -16.8. The number of aliphatic hydroxyl groups excluding tert-OH is 1. The van der Waals surface area contributed by atoms with Crippen molar-refractivity contribution in [3.8, 4) is 0 Å². The number of aliphatic hydroxyl groups is 1. The van der Waals surface area contributed by atoms with Crippen molar-refractivity contribution in [2.24, 2.45) is 52.8 Å². The largest absolute Gasteiger partial charge is 0.481 e. The molecule has 0 spiro atoms. The van der Waals surface area contributed by atoms with E-state index >= 15 is 0 Å². The van der Waals surface area contributed by atoms with E-state index in [-0.39, 0.29) is 57.8 Å². The van der Waals surface area contributed by atoms with Gasteiger partial charge >= 0.3 is 53.7 Å². The van der Waals surface area contributed by atoms with Gasteiger partial charge in [0.15, 0.2) is 0 Å². The van der Waals surface area contributed by atoms with E-state index in [9.17, 15) is 63.6 Å². The van der Waals surface area contributed by atoms with Gasteiger partial charge in [-0.05, 0) is 57.8 Å². The Hall–Kier alpha value is -4.81. The molecule has 0 heterocycles. The van der Waals surface area contributed by atoms with E-state index in [1.807, 2.05) is 0 Å². The molecule has 0 radical (unpaired) electrons. The van der Waals surface area contributed by atoms with Crippen LogP contribution < -0.4 is 0 Å². The molecule has 0 aromatic carbocycles. The van der Waals surface area contributed by atoms with Crippen LogP contribution in [0.2, 0.25) is 0 Å². The van der Waals surface area contributed by atoms with E-state index in [1.165, 1.54) is 6.42 Å². The maximum atomic E-state index is 14.1. The van der Waals surface area contributed by atoms with E-state index in [0.29, 0.717) is 57.8 Å². The second kappa shape index (κ2) is 29.4. The molecule has 9 unspecified atom stereocenters. The molecule has 4 aliphatic carbocycles. The molecule has 390 valence electrons. The predicted octanol–water partition coefficient (Wildman–Crippen LogP) is 6.21. The van der Waals surface area contributed by atoms with Crippen LogP contribution in [-0.4, -0.2) is 120 Å². The zero-order chi connectivity index (χ0) is 50.3. The fraction of sp³-hybridized carbons (Fsp3) is 0.820. The van der Waals surface area contributed by atoms with Gasteiger partial charge in [-0.25, -0.2) is 0 Å². The van der Waals surface area contributed by atoms with E-state index in [2.05, 4.69) is 6.92 Å². The Morgan fingerprint density at radius 1 is 0.406 bits per heavy atom. The van der Waals surface area contributed by atoms with Crippen LogP contribution in [0.15, 0.2) is 0 Å². The van der Waals surface area contributed by atoms with Crippen molar-refractivity contribution >= 4 is 53.7 Å². The molecule has 4 rings (SSSR count). The Balaban J connectivity index is 1.51. The number of aliphatic carboxylic acids is 3. The highest BCUT2D eigenvalue weighted by Gasteiger charge is 2.46. The number of esters is 6. The second-order valence-corrected chi connectivity index (χ2v) is 19.8. The average molecular weight is 981 g/mol. The third kappa shape index (κ3) is 18.1. The lowest BCUT2D eigenvalue weighted by Crippen LogP contribution is -2.47. The maximum absolute atomic E-state index is 14.1. The molecule has 4 aliphatic rings. The number of unbranched alkanes of at least 4 members (excludes halogenated alkanes) is 6. The number of rotatable bonds is 28. The molecule has 0 aromatic rings. The minimum atomic E-state index is -1.88. The molecular formula is C50H76O19. The first-order valence-corrected chi connectivity index (χ1v) is 25.4. The summed E-state index contributed by atoms with van der Waals surface area (Å²) in [6.45, 7) is -1.71. The lowest BCUT2D eigenvalue weighted by molar-refractivity contribution is -0.183. The Kier molecular flexibility index (Phi) is 24.2. The minimum Gasteiger partial charge on any atom is -0.481 e. The van der Waals surface area contributed by atoms with Crippen molar-refractivity contribution < 1.29 is 92.0 Å². The number of hydrogen-bond donors (Lipinski definition) is 4. The molecule has 4 fully saturated rings. The van der Waals surface area contributed by atoms with Crippen molar-refractivity contribution in [2.45, 2.75) is 167 Å². The van der Waals surface area contributed by atoms with Crippen molar-refractivity contribution in [2.75, 3.05) is 39.6 Å². The molecule has 19 nitrogen and oxygen atoms in total. The van der Waals surface area contributed by atoms with Crippen LogP contribution in [0.3, 0.4) is 0 Å². The van der Waals surface area contributed by atoms with E-state index in [1.54, 1.807) is 0 Å². The molecule has 9 atom stereocenters. The first kappa shape index (κ1) is 56.8. The molecule has 0 amide bonds. The van der Waals surface area contributed by atoms with Crippen LogP contribution >= 0.6 is 0 Å². The molecule has 0 saturated heterocycles. The predicted molar refractivity (Wildman–Crippen MR) is 242 cm³/mol. The first-order valence-electron chi connectivity index (χ1n) is 25.4. The second-order valence-electron chi connectivity index (χ2n) is 19.8. The zero-order valence-electron chi connectivity index (χ0n) is 40.3. The van der Waals surface area contributed by atoms with Crippen LogP contribution in [-0.2, 0) is 71.6 Å². The van der Waals surface area contributed by atoms with E-state index in [0.717, 1.165) is 32.1 Å². The highest BCUT2D eigenvalue weighted by molar-refractivity contribution is 5.84. The SMILES string of the molecule is CCCCCCCCCC(=O)OCC(O)COC(=O)C1CCCCC1C(=O)OCC(COC(=O)C1CCCCC1C(=O)O)(COC(=O)C1CCCCC1C(=O)O)COC(=O)C1CCCCC1C(=O)O. The highest BCUT2D eigenvalue weighted by atomic mass is 16.6. The number of carboxylic acid groups (broad SMARTS) is 3. The first-order chi connectivity index (χ1) is 33.1. The Morgan fingerprint density at radius 2 is 0.681 bits per heavy atom. The Labute approximate surface area is 404 Å². The van der Waals surface area contributed by atoms with E-state index < -0.39 is 152 Å². The lowest BCUT2D eigenvalue weighted by Gasteiger charge is -2.36. The fourth-order valence-electron chi connectivity index (χ4n) is 10.2. The van der Waals surface area contributed by atoms with Gasteiger partial charge < -0.3 is 48.8 Å². The highest BCUT2D eigenvalue weighted by Crippen LogP contribution is 2.37. The maximum Gasteiger partial charge on any atom is 0.309 e. The Bertz CT molecular complexity index is 1610. The molecule has 19 heteroatoms. The third-order valence-corrected chi connectivity index (χ3v) is 14.5. The summed E-state index contributed by atoms with van der Waals surface area (Å²) in [6.07, 6.45) is 12.2. The van der Waals surface area contributed by atoms with Crippen LogP contribution in [0.5, 0.6) is 0 Å². The minimum absolute atomic E-state index is 0.193. The van der Waals surface area contributed by atoms with Crippen LogP contribution in [0.25, 0.3) is 0 Å². The van der Waals surface area contributed by atoms with Gasteiger partial charge in [0, 0.05) is 6.42 Å². The van der Waals surface area contributed by atoms with Crippen LogP contribution in [0, 0.1) is 52.8 Å². The summed E-state index contributed by atoms with van der Waals surface area (Å²) in [7, 11) is 0. The molecule has 0 aromatic heterocycles. The summed E-state index contributed by atoms with van der Waals surface area (Å²) < 4.78 is 33.8. The standard InChI is InChI=1S/C50H76O19/c1-2-3-4-5-6-7-8-25-41(52)64-26-32(51)27-65-45(59)39-23-15-16-24-40(39)49(63)69-31-50(28-66-46(60)36-20-12-9-17-33(36)42(53)54,29-67-47(61)37-21-13-10-18-34(37)43(55)56)30-68-48(62)38-22-14-11-19-35(38)44(57)58/h32-40,51H,2-31H2,1H3,(H,53,54)(H,55,56)(H,57,58). The molecule has 0 aliphatic heterocycles. The topological polar surface area (TPSA) is 290 Å². The quantitative estimate of drug-likeness (QED) is 0.0385.